The minimum absolute atomic E-state index is 0. The van der Waals surface area contributed by atoms with Crippen LogP contribution in [0.1, 0.15) is 63.3 Å². The number of rotatable bonds is 7. The molecule has 8 nitrogen and oxygen atoms in total. The van der Waals surface area contributed by atoms with Gasteiger partial charge in [-0.15, -0.1) is 0 Å². The first-order valence-corrected chi connectivity index (χ1v) is 11.9. The van der Waals surface area contributed by atoms with E-state index in [-0.39, 0.29) is 40.0 Å². The number of carbonyl (C=O) groups excluding carboxylic acids is 3. The maximum Gasteiger partial charge on any atom is 2.00 e. The normalized spacial score (nSPS) is 10.1. The Hall–Kier alpha value is -3.44. The number of aliphatic hydroxyl groups excluding tert-OH is 1. The summed E-state index contributed by atoms with van der Waals surface area (Å²) >= 11 is 0. The number of aldehydes is 1. The van der Waals surface area contributed by atoms with Crippen molar-refractivity contribution in [2.45, 2.75) is 26.4 Å². The van der Waals surface area contributed by atoms with Gasteiger partial charge in [0.15, 0.2) is 6.29 Å². The summed E-state index contributed by atoms with van der Waals surface area (Å²) in [7, 11) is 0. The molecule has 4 rings (SSSR count). The molecule has 1 atom stereocenters. The molecule has 2 aromatic heterocycles. The summed E-state index contributed by atoms with van der Waals surface area (Å²) in [6.07, 6.45) is 4.14. The van der Waals surface area contributed by atoms with Gasteiger partial charge in [-0.1, -0.05) is 43.3 Å². The van der Waals surface area contributed by atoms with Crippen LogP contribution in [0.3, 0.4) is 0 Å². The number of amides is 2. The van der Waals surface area contributed by atoms with Crippen LogP contribution in [0.15, 0.2) is 85.2 Å². The predicted octanol–water partition coefficient (Wildman–Crippen LogP) is 1.41. The second-order valence-corrected chi connectivity index (χ2v) is 7.87. The Morgan fingerprint density at radius 2 is 1.18 bits per heavy atom. The summed E-state index contributed by atoms with van der Waals surface area (Å²) in [5.41, 5.74) is 16.0. The number of hydrogen-bond acceptors (Lipinski definition) is 6. The number of nitrogens with zero attached hydrogens (tertiary/aromatic N) is 2. The number of aliphatic hydroxyl groups is 1. The van der Waals surface area contributed by atoms with Crippen LogP contribution < -0.4 is 28.4 Å². The van der Waals surface area contributed by atoms with E-state index in [1.165, 1.54) is 0 Å². The van der Waals surface area contributed by atoms with Gasteiger partial charge in [0.2, 0.25) is 11.8 Å². The second-order valence-electron chi connectivity index (χ2n) is 7.87. The number of halogens is 1. The number of benzene rings is 2. The number of primary amides is 2. The zero-order valence-corrected chi connectivity index (χ0v) is 25.5. The maximum atomic E-state index is 11.0. The van der Waals surface area contributed by atoms with E-state index in [4.69, 9.17) is 11.5 Å². The molecule has 2 heterocycles. The van der Waals surface area contributed by atoms with Crippen molar-refractivity contribution < 1.29 is 36.5 Å². The summed E-state index contributed by atoms with van der Waals surface area (Å²) < 4.78 is 0. The van der Waals surface area contributed by atoms with Gasteiger partial charge in [-0.05, 0) is 53.9 Å². The molecule has 0 spiro atoms. The van der Waals surface area contributed by atoms with Gasteiger partial charge in [-0.2, -0.15) is 6.92 Å². The molecule has 0 aliphatic carbocycles. The molecule has 204 valence electrons. The zero-order valence-electron chi connectivity index (χ0n) is 22.5. The molecule has 0 bridgehead atoms. The molecular weight excluding hydrogens is 585 g/mol. The first kappa shape index (κ1) is 36.6. The Morgan fingerprint density at radius 3 is 1.48 bits per heavy atom. The number of hydrogen-bond donors (Lipinski definition) is 3. The Balaban J connectivity index is 0.000000687. The van der Waals surface area contributed by atoms with Gasteiger partial charge in [-0.3, -0.25) is 24.4 Å². The molecule has 0 saturated carbocycles. The maximum absolute atomic E-state index is 11.0. The van der Waals surface area contributed by atoms with E-state index in [1.807, 2.05) is 31.2 Å². The van der Waals surface area contributed by atoms with Gasteiger partial charge in [0.05, 0.1) is 11.8 Å². The fraction of sp³-hybridized carbons (Fsp3) is 0.133. The van der Waals surface area contributed by atoms with Gasteiger partial charge in [0.1, 0.15) is 5.69 Å². The van der Waals surface area contributed by atoms with Crippen LogP contribution in [0.4, 0.5) is 0 Å². The standard InChI is InChI=1S/C15H16N2O2.C13H10N2O2.C2H5.BrH.Mg/c1-2-14(18)13-8-7-12(9-17-13)10-3-5-11(6-4-10)15(16)19;14-13(17)10-3-1-9(2-4-10)11-5-6-12(8-16)15-7-11;1-2;;/h3-9,14,18H,2H2,1H3,(H2,16,19);1-8H,(H2,14,17);1H2,2H3;1H;/q;;-1;;+2/p-1. The molecule has 0 fully saturated rings. The Morgan fingerprint density at radius 1 is 0.775 bits per heavy atom. The van der Waals surface area contributed by atoms with Crippen molar-refractivity contribution >= 4 is 41.2 Å². The van der Waals surface area contributed by atoms with Gasteiger partial charge >= 0.3 is 23.1 Å². The van der Waals surface area contributed by atoms with E-state index < -0.39 is 17.9 Å². The summed E-state index contributed by atoms with van der Waals surface area (Å²) in [6, 6.07) is 21.1. The Labute approximate surface area is 261 Å². The van der Waals surface area contributed by atoms with E-state index in [9.17, 15) is 19.5 Å². The van der Waals surface area contributed by atoms with E-state index in [0.717, 1.165) is 22.3 Å². The SMILES string of the molecule is CCC(O)c1ccc(-c2ccc(C(N)=O)cc2)cn1.NC(=O)c1ccc(-c2ccc(C=O)nc2)cc1.[Br-].[CH2-]C.[Mg+2]. The van der Waals surface area contributed by atoms with Crippen molar-refractivity contribution in [3.8, 4) is 22.3 Å². The molecule has 1 unspecified atom stereocenters. The smallest absolute Gasteiger partial charge is 1.00 e. The van der Waals surface area contributed by atoms with Crippen molar-refractivity contribution in [3.05, 3.63) is 115 Å². The molecule has 2 amide bonds. The van der Waals surface area contributed by atoms with Crippen LogP contribution in [0.5, 0.6) is 0 Å². The topological polar surface area (TPSA) is 149 Å². The Kier molecular flexibility index (Phi) is 17.2. The first-order chi connectivity index (χ1) is 18.3. The van der Waals surface area contributed by atoms with Gasteiger partial charge in [0, 0.05) is 34.6 Å². The van der Waals surface area contributed by atoms with Crippen LogP contribution in [0, 0.1) is 6.92 Å². The number of aromatic nitrogens is 2. The largest absolute Gasteiger partial charge is 2.00 e. The van der Waals surface area contributed by atoms with Crippen molar-refractivity contribution in [1.29, 1.82) is 0 Å². The van der Waals surface area contributed by atoms with Crippen molar-refractivity contribution in [1.82, 2.24) is 9.97 Å². The van der Waals surface area contributed by atoms with Crippen molar-refractivity contribution in [2.75, 3.05) is 0 Å². The summed E-state index contributed by atoms with van der Waals surface area (Å²) in [4.78, 5) is 40.6. The van der Waals surface area contributed by atoms with Crippen molar-refractivity contribution in [2.24, 2.45) is 11.5 Å². The number of pyridine rings is 2. The molecule has 40 heavy (non-hydrogen) atoms. The molecule has 2 aromatic carbocycles. The Bertz CT molecular complexity index is 1330. The van der Waals surface area contributed by atoms with Gasteiger partial charge in [-0.25, -0.2) is 0 Å². The molecule has 4 aromatic rings. The van der Waals surface area contributed by atoms with E-state index >= 15 is 0 Å². The van der Waals surface area contributed by atoms with Crippen LogP contribution >= 0.6 is 0 Å². The molecular formula is C30H31BrMgN4O4. The van der Waals surface area contributed by atoms with Crippen LogP contribution in [0.2, 0.25) is 0 Å². The van der Waals surface area contributed by atoms with Crippen molar-refractivity contribution in [3.63, 3.8) is 0 Å². The molecule has 10 heteroatoms. The van der Waals surface area contributed by atoms with Crippen LogP contribution in [-0.2, 0) is 0 Å². The minimum Gasteiger partial charge on any atom is -1.00 e. The third kappa shape index (κ3) is 10.6. The van der Waals surface area contributed by atoms with Gasteiger partial charge in [0.25, 0.3) is 0 Å². The molecule has 5 N–H and O–H groups in total. The minimum atomic E-state index is -0.522. The fourth-order valence-electron chi connectivity index (χ4n) is 3.28. The average molecular weight is 616 g/mol. The van der Waals surface area contributed by atoms with Crippen LogP contribution in [-0.4, -0.2) is 56.2 Å². The fourth-order valence-corrected chi connectivity index (χ4v) is 3.28. The monoisotopic (exact) mass is 614 g/mol. The number of nitrogens with two attached hydrogens (primary N) is 2. The first-order valence-electron chi connectivity index (χ1n) is 11.9. The summed E-state index contributed by atoms with van der Waals surface area (Å²) in [5, 5.41) is 9.67. The van der Waals surface area contributed by atoms with E-state index in [2.05, 4.69) is 16.9 Å². The average Bonchev–Trinajstić information content (AvgIpc) is 2.98. The molecule has 0 saturated heterocycles. The third-order valence-electron chi connectivity index (χ3n) is 5.43. The van der Waals surface area contributed by atoms with Crippen LogP contribution in [0.25, 0.3) is 22.3 Å². The predicted molar refractivity (Wildman–Crippen MR) is 154 cm³/mol. The summed E-state index contributed by atoms with van der Waals surface area (Å²) in [5.74, 6) is -0.892. The summed E-state index contributed by atoms with van der Waals surface area (Å²) in [6.45, 7) is 6.91. The third-order valence-corrected chi connectivity index (χ3v) is 5.43. The molecule has 0 aliphatic rings. The van der Waals surface area contributed by atoms with E-state index in [0.29, 0.717) is 35.2 Å². The molecule has 0 radical (unpaired) electrons. The second kappa shape index (κ2) is 18.8. The quantitative estimate of drug-likeness (QED) is 0.163. The molecule has 0 aliphatic heterocycles. The van der Waals surface area contributed by atoms with E-state index in [1.54, 1.807) is 67.8 Å². The number of carbonyl (C=O) groups is 3. The zero-order chi connectivity index (χ0) is 28.1. The van der Waals surface area contributed by atoms with Gasteiger partial charge < -0.3 is 40.5 Å².